The molecule has 4 heteroatoms. The van der Waals surface area contributed by atoms with Crippen LogP contribution in [0.1, 0.15) is 38.9 Å². The molecule has 0 saturated heterocycles. The van der Waals surface area contributed by atoms with Gasteiger partial charge < -0.3 is 9.84 Å². The molecule has 0 radical (unpaired) electrons. The zero-order chi connectivity index (χ0) is 13.7. The summed E-state index contributed by atoms with van der Waals surface area (Å²) in [5, 5.41) is 9.94. The fourth-order valence-electron chi connectivity index (χ4n) is 1.62. The van der Waals surface area contributed by atoms with Crippen LogP contribution in [0.3, 0.4) is 0 Å². The van der Waals surface area contributed by atoms with Crippen molar-refractivity contribution in [2.75, 3.05) is 0 Å². The first-order valence-electron chi connectivity index (χ1n) is 6.03. The third-order valence-corrected chi connectivity index (χ3v) is 2.56. The molecule has 0 saturated carbocycles. The molecule has 0 aliphatic carbocycles. The summed E-state index contributed by atoms with van der Waals surface area (Å²) in [6.45, 7) is 5.35. The van der Waals surface area contributed by atoms with Crippen molar-refractivity contribution in [2.45, 2.75) is 39.4 Å². The standard InChI is InChI=1S/C14H19FO3/c1-9(2)8-13(16)18-10(3)14(17)11-6-4-5-7-12(11)15/h4-7,9-10,14,17H,8H2,1-3H3/t10-,14+/m0/s1. The summed E-state index contributed by atoms with van der Waals surface area (Å²) >= 11 is 0. The van der Waals surface area contributed by atoms with E-state index in [4.69, 9.17) is 4.74 Å². The second-order valence-corrected chi connectivity index (χ2v) is 4.76. The molecule has 2 atom stereocenters. The van der Waals surface area contributed by atoms with E-state index >= 15 is 0 Å². The molecular weight excluding hydrogens is 235 g/mol. The van der Waals surface area contributed by atoms with Gasteiger partial charge in [0.25, 0.3) is 0 Å². The third-order valence-electron chi connectivity index (χ3n) is 2.56. The number of aliphatic hydroxyl groups is 1. The van der Waals surface area contributed by atoms with E-state index in [1.807, 2.05) is 13.8 Å². The van der Waals surface area contributed by atoms with Gasteiger partial charge in [-0.05, 0) is 18.9 Å². The maximum absolute atomic E-state index is 13.4. The average Bonchev–Trinajstić information content (AvgIpc) is 2.27. The first-order chi connectivity index (χ1) is 8.41. The first-order valence-corrected chi connectivity index (χ1v) is 6.03. The van der Waals surface area contributed by atoms with E-state index in [9.17, 15) is 14.3 Å². The van der Waals surface area contributed by atoms with Crippen LogP contribution in [0.4, 0.5) is 4.39 Å². The van der Waals surface area contributed by atoms with Crippen molar-refractivity contribution >= 4 is 5.97 Å². The lowest BCUT2D eigenvalue weighted by Crippen LogP contribution is -2.23. The Morgan fingerprint density at radius 2 is 1.94 bits per heavy atom. The molecule has 0 bridgehead atoms. The van der Waals surface area contributed by atoms with Gasteiger partial charge in [0.15, 0.2) is 0 Å². The fourth-order valence-corrected chi connectivity index (χ4v) is 1.62. The molecule has 100 valence electrons. The normalized spacial score (nSPS) is 14.3. The van der Waals surface area contributed by atoms with Gasteiger partial charge in [0, 0.05) is 12.0 Å². The van der Waals surface area contributed by atoms with E-state index in [0.29, 0.717) is 0 Å². The van der Waals surface area contributed by atoms with Crippen molar-refractivity contribution in [3.63, 3.8) is 0 Å². The molecule has 18 heavy (non-hydrogen) atoms. The van der Waals surface area contributed by atoms with Crippen molar-refractivity contribution in [1.82, 2.24) is 0 Å². The third kappa shape index (κ3) is 4.11. The van der Waals surface area contributed by atoms with Crippen LogP contribution in [0.15, 0.2) is 24.3 Å². The summed E-state index contributed by atoms with van der Waals surface area (Å²) in [6, 6.07) is 5.92. The largest absolute Gasteiger partial charge is 0.460 e. The molecule has 0 aliphatic rings. The summed E-state index contributed by atoms with van der Waals surface area (Å²) in [6.07, 6.45) is -1.63. The van der Waals surface area contributed by atoms with Crippen LogP contribution in [-0.4, -0.2) is 17.2 Å². The lowest BCUT2D eigenvalue weighted by Gasteiger charge is -2.20. The smallest absolute Gasteiger partial charge is 0.306 e. The number of rotatable bonds is 5. The molecule has 0 heterocycles. The lowest BCUT2D eigenvalue weighted by molar-refractivity contribution is -0.154. The number of hydrogen-bond donors (Lipinski definition) is 1. The Morgan fingerprint density at radius 1 is 1.33 bits per heavy atom. The molecule has 0 fully saturated rings. The molecular formula is C14H19FO3. The Kier molecular flexibility index (Phi) is 5.28. The van der Waals surface area contributed by atoms with Crippen molar-refractivity contribution in [2.24, 2.45) is 5.92 Å². The minimum atomic E-state index is -1.15. The number of esters is 1. The fraction of sp³-hybridized carbons (Fsp3) is 0.500. The quantitative estimate of drug-likeness (QED) is 0.822. The number of carbonyl (C=O) groups is 1. The topological polar surface area (TPSA) is 46.5 Å². The maximum Gasteiger partial charge on any atom is 0.306 e. The van der Waals surface area contributed by atoms with Gasteiger partial charge in [-0.3, -0.25) is 4.79 Å². The maximum atomic E-state index is 13.4. The number of hydrogen-bond acceptors (Lipinski definition) is 3. The zero-order valence-electron chi connectivity index (χ0n) is 10.9. The second-order valence-electron chi connectivity index (χ2n) is 4.76. The Bertz CT molecular complexity index is 404. The Labute approximate surface area is 107 Å². The van der Waals surface area contributed by atoms with Gasteiger partial charge in [0.2, 0.25) is 0 Å². The SMILES string of the molecule is CC(C)CC(=O)O[C@@H](C)[C@@H](O)c1ccccc1F. The first kappa shape index (κ1) is 14.6. The summed E-state index contributed by atoms with van der Waals surface area (Å²) in [5.41, 5.74) is 0.141. The second kappa shape index (κ2) is 6.50. The summed E-state index contributed by atoms with van der Waals surface area (Å²) in [4.78, 5) is 11.5. The highest BCUT2D eigenvalue weighted by atomic mass is 19.1. The average molecular weight is 254 g/mol. The van der Waals surface area contributed by atoms with Gasteiger partial charge in [0.1, 0.15) is 18.0 Å². The van der Waals surface area contributed by atoms with E-state index < -0.39 is 18.0 Å². The van der Waals surface area contributed by atoms with Crippen LogP contribution < -0.4 is 0 Å². The summed E-state index contributed by atoms with van der Waals surface area (Å²) < 4.78 is 18.5. The summed E-state index contributed by atoms with van der Waals surface area (Å²) in [5.74, 6) is -0.694. The number of halogens is 1. The zero-order valence-corrected chi connectivity index (χ0v) is 10.9. The number of carbonyl (C=O) groups excluding carboxylic acids is 1. The molecule has 0 aromatic heterocycles. The van der Waals surface area contributed by atoms with Crippen molar-refractivity contribution in [3.05, 3.63) is 35.6 Å². The van der Waals surface area contributed by atoms with Crippen molar-refractivity contribution in [1.29, 1.82) is 0 Å². The molecule has 3 nitrogen and oxygen atoms in total. The van der Waals surface area contributed by atoms with Crippen molar-refractivity contribution < 1.29 is 19.0 Å². The lowest BCUT2D eigenvalue weighted by atomic mass is 10.0. The Balaban J connectivity index is 2.64. The monoisotopic (exact) mass is 254 g/mol. The predicted octanol–water partition coefficient (Wildman–Crippen LogP) is 2.84. The predicted molar refractivity (Wildman–Crippen MR) is 66.4 cm³/mol. The van der Waals surface area contributed by atoms with Crippen molar-refractivity contribution in [3.8, 4) is 0 Å². The van der Waals surface area contributed by atoms with Gasteiger partial charge in [-0.15, -0.1) is 0 Å². The number of aliphatic hydroxyl groups excluding tert-OH is 1. The molecule has 0 unspecified atom stereocenters. The van der Waals surface area contributed by atoms with E-state index in [1.54, 1.807) is 19.1 Å². The van der Waals surface area contributed by atoms with Crippen LogP contribution in [0.25, 0.3) is 0 Å². The highest BCUT2D eigenvalue weighted by Crippen LogP contribution is 2.22. The van der Waals surface area contributed by atoms with Gasteiger partial charge >= 0.3 is 5.97 Å². The van der Waals surface area contributed by atoms with Crippen LogP contribution in [0.5, 0.6) is 0 Å². The van der Waals surface area contributed by atoms with E-state index in [0.717, 1.165) is 0 Å². The molecule has 0 spiro atoms. The molecule has 1 N–H and O–H groups in total. The van der Waals surface area contributed by atoms with Crippen LogP contribution >= 0.6 is 0 Å². The van der Waals surface area contributed by atoms with Crippen LogP contribution in [-0.2, 0) is 9.53 Å². The molecule has 1 aromatic carbocycles. The van der Waals surface area contributed by atoms with Gasteiger partial charge in [-0.25, -0.2) is 4.39 Å². The van der Waals surface area contributed by atoms with Crippen LogP contribution in [0, 0.1) is 11.7 Å². The van der Waals surface area contributed by atoms with E-state index in [-0.39, 0.29) is 23.9 Å². The van der Waals surface area contributed by atoms with E-state index in [2.05, 4.69) is 0 Å². The minimum absolute atomic E-state index is 0.141. The molecule has 1 rings (SSSR count). The van der Waals surface area contributed by atoms with Gasteiger partial charge in [-0.2, -0.15) is 0 Å². The summed E-state index contributed by atoms with van der Waals surface area (Å²) in [7, 11) is 0. The number of ether oxygens (including phenoxy) is 1. The Morgan fingerprint density at radius 3 is 2.50 bits per heavy atom. The minimum Gasteiger partial charge on any atom is -0.460 e. The molecule has 1 aromatic rings. The van der Waals surface area contributed by atoms with Crippen LogP contribution in [0.2, 0.25) is 0 Å². The highest BCUT2D eigenvalue weighted by Gasteiger charge is 2.23. The number of benzene rings is 1. The van der Waals surface area contributed by atoms with Gasteiger partial charge in [-0.1, -0.05) is 32.0 Å². The Hall–Kier alpha value is -1.42. The van der Waals surface area contributed by atoms with Gasteiger partial charge in [0.05, 0.1) is 0 Å². The molecule has 0 amide bonds. The highest BCUT2D eigenvalue weighted by molar-refractivity contribution is 5.69. The molecule has 0 aliphatic heterocycles. The van der Waals surface area contributed by atoms with E-state index in [1.165, 1.54) is 12.1 Å².